The molecule has 3 unspecified atom stereocenters. The molecule has 0 spiro atoms. The molecule has 0 saturated carbocycles. The largest absolute Gasteiger partial charge is 0.481 e. The van der Waals surface area contributed by atoms with Gasteiger partial charge in [-0.3, -0.25) is 9.59 Å². The maximum Gasteiger partial charge on any atom is 0.308 e. The molecule has 1 fully saturated rings. The van der Waals surface area contributed by atoms with E-state index in [1.165, 1.54) is 11.1 Å². The van der Waals surface area contributed by atoms with Gasteiger partial charge in [0, 0.05) is 25.4 Å². The summed E-state index contributed by atoms with van der Waals surface area (Å²) >= 11 is 0. The molecule has 0 aromatic heterocycles. The highest BCUT2D eigenvalue weighted by Gasteiger charge is 2.40. The number of hydrogen-bond acceptors (Lipinski definition) is 2. The van der Waals surface area contributed by atoms with E-state index in [2.05, 4.69) is 26.0 Å². The zero-order chi connectivity index (χ0) is 18.7. The third kappa shape index (κ3) is 3.79. The first-order valence-corrected chi connectivity index (χ1v) is 9.08. The molecule has 1 heterocycles. The molecule has 1 aliphatic rings. The van der Waals surface area contributed by atoms with Crippen molar-refractivity contribution in [3.63, 3.8) is 0 Å². The van der Waals surface area contributed by atoms with Crippen molar-refractivity contribution in [2.45, 2.75) is 32.1 Å². The van der Waals surface area contributed by atoms with Crippen molar-refractivity contribution < 1.29 is 14.7 Å². The van der Waals surface area contributed by atoms with Crippen LogP contribution in [0.3, 0.4) is 0 Å². The average Bonchev–Trinajstić information content (AvgIpc) is 3.08. The van der Waals surface area contributed by atoms with E-state index >= 15 is 0 Å². The van der Waals surface area contributed by atoms with E-state index in [0.29, 0.717) is 13.0 Å². The third-order valence-electron chi connectivity index (χ3n) is 5.42. The summed E-state index contributed by atoms with van der Waals surface area (Å²) in [4.78, 5) is 26.2. The van der Waals surface area contributed by atoms with E-state index in [1.807, 2.05) is 42.5 Å². The van der Waals surface area contributed by atoms with Crippen LogP contribution in [0.1, 0.15) is 41.9 Å². The number of benzene rings is 2. The normalized spacial score (nSPS) is 20.8. The highest BCUT2D eigenvalue weighted by molar-refractivity contribution is 5.80. The lowest BCUT2D eigenvalue weighted by Crippen LogP contribution is -2.30. The summed E-state index contributed by atoms with van der Waals surface area (Å²) in [6, 6.07) is 17.7. The van der Waals surface area contributed by atoms with E-state index in [-0.39, 0.29) is 24.3 Å². The van der Waals surface area contributed by atoms with Gasteiger partial charge in [0.25, 0.3) is 0 Å². The molecule has 1 aliphatic heterocycles. The lowest BCUT2D eigenvalue weighted by Gasteiger charge is -2.20. The number of amides is 1. The monoisotopic (exact) mass is 351 g/mol. The lowest BCUT2D eigenvalue weighted by molar-refractivity contribution is -0.141. The fourth-order valence-corrected chi connectivity index (χ4v) is 3.94. The quantitative estimate of drug-likeness (QED) is 0.891. The third-order valence-corrected chi connectivity index (χ3v) is 5.42. The van der Waals surface area contributed by atoms with Crippen molar-refractivity contribution in [3.05, 3.63) is 71.3 Å². The molecule has 1 saturated heterocycles. The van der Waals surface area contributed by atoms with Gasteiger partial charge in [0.05, 0.1) is 5.92 Å². The van der Waals surface area contributed by atoms with Crippen molar-refractivity contribution in [2.75, 3.05) is 13.1 Å². The van der Waals surface area contributed by atoms with Gasteiger partial charge in [-0.1, -0.05) is 61.5 Å². The van der Waals surface area contributed by atoms with Crippen LogP contribution >= 0.6 is 0 Å². The number of nitrogens with zero attached hydrogens (tertiary/aromatic N) is 1. The minimum Gasteiger partial charge on any atom is -0.481 e. The van der Waals surface area contributed by atoms with Crippen LogP contribution in [0, 0.1) is 12.8 Å². The minimum atomic E-state index is -0.832. The van der Waals surface area contributed by atoms with E-state index in [9.17, 15) is 14.7 Å². The number of likely N-dealkylation sites (tertiary alicyclic amines) is 1. The first-order chi connectivity index (χ1) is 12.5. The number of carboxylic acid groups (broad SMARTS) is 1. The Labute approximate surface area is 154 Å². The molecular formula is C22H25NO3. The van der Waals surface area contributed by atoms with Crippen molar-refractivity contribution in [1.82, 2.24) is 4.90 Å². The Hall–Kier alpha value is -2.62. The Morgan fingerprint density at radius 3 is 2.38 bits per heavy atom. The van der Waals surface area contributed by atoms with Crippen LogP contribution in [0.4, 0.5) is 0 Å². The Balaban J connectivity index is 1.72. The molecule has 1 amide bonds. The molecule has 3 atom stereocenters. The number of aryl methyl sites for hydroxylation is 1. The number of carboxylic acids is 1. The molecule has 26 heavy (non-hydrogen) atoms. The van der Waals surface area contributed by atoms with Crippen LogP contribution in [-0.4, -0.2) is 35.0 Å². The number of carbonyl (C=O) groups excluding carboxylic acids is 1. The number of rotatable bonds is 5. The summed E-state index contributed by atoms with van der Waals surface area (Å²) in [7, 11) is 0. The summed E-state index contributed by atoms with van der Waals surface area (Å²) in [5.74, 6) is -1.38. The van der Waals surface area contributed by atoms with E-state index in [1.54, 1.807) is 4.90 Å². The Bertz CT molecular complexity index is 787. The Morgan fingerprint density at radius 1 is 1.08 bits per heavy atom. The van der Waals surface area contributed by atoms with Gasteiger partial charge in [-0.05, 0) is 29.5 Å². The lowest BCUT2D eigenvalue weighted by atomic mass is 9.89. The predicted octanol–water partition coefficient (Wildman–Crippen LogP) is 3.82. The van der Waals surface area contributed by atoms with E-state index in [0.717, 1.165) is 5.56 Å². The molecular weight excluding hydrogens is 326 g/mol. The fraction of sp³-hybridized carbons (Fsp3) is 0.364. The van der Waals surface area contributed by atoms with E-state index < -0.39 is 11.9 Å². The molecule has 136 valence electrons. The topological polar surface area (TPSA) is 57.6 Å². The molecule has 4 heteroatoms. The second-order valence-electron chi connectivity index (χ2n) is 7.22. The minimum absolute atomic E-state index is 0.0328. The summed E-state index contributed by atoms with van der Waals surface area (Å²) in [5.41, 5.74) is 3.34. The molecule has 1 N–H and O–H groups in total. The Morgan fingerprint density at radius 2 is 1.73 bits per heavy atom. The summed E-state index contributed by atoms with van der Waals surface area (Å²) < 4.78 is 0. The second-order valence-corrected chi connectivity index (χ2v) is 7.22. The highest BCUT2D eigenvalue weighted by atomic mass is 16.4. The standard InChI is InChI=1S/C22H25NO3/c1-15-8-6-7-11-18(15)16(2)12-21(24)23-13-19(20(14-23)22(25)26)17-9-4-3-5-10-17/h3-11,16,19-20H,12-14H2,1-2H3,(H,25,26). The number of aliphatic carboxylic acids is 1. The van der Waals surface area contributed by atoms with Gasteiger partial charge in [0.1, 0.15) is 0 Å². The van der Waals surface area contributed by atoms with Gasteiger partial charge in [-0.25, -0.2) is 0 Å². The zero-order valence-corrected chi connectivity index (χ0v) is 15.3. The van der Waals surface area contributed by atoms with Gasteiger partial charge < -0.3 is 10.0 Å². The summed E-state index contributed by atoms with van der Waals surface area (Å²) in [6.45, 7) is 4.87. The van der Waals surface area contributed by atoms with Crippen molar-refractivity contribution in [3.8, 4) is 0 Å². The van der Waals surface area contributed by atoms with Crippen LogP contribution < -0.4 is 0 Å². The van der Waals surface area contributed by atoms with Crippen LogP contribution in [0.5, 0.6) is 0 Å². The molecule has 0 aliphatic carbocycles. The van der Waals surface area contributed by atoms with Crippen LogP contribution in [0.2, 0.25) is 0 Å². The molecule has 2 aromatic rings. The average molecular weight is 351 g/mol. The second kappa shape index (κ2) is 7.73. The first kappa shape index (κ1) is 18.2. The van der Waals surface area contributed by atoms with Crippen molar-refractivity contribution in [2.24, 2.45) is 5.92 Å². The summed E-state index contributed by atoms with van der Waals surface area (Å²) in [5, 5.41) is 9.60. The predicted molar refractivity (Wildman–Crippen MR) is 101 cm³/mol. The first-order valence-electron chi connectivity index (χ1n) is 9.08. The Kier molecular flexibility index (Phi) is 5.40. The van der Waals surface area contributed by atoms with E-state index in [4.69, 9.17) is 0 Å². The zero-order valence-electron chi connectivity index (χ0n) is 15.3. The summed E-state index contributed by atoms with van der Waals surface area (Å²) in [6.07, 6.45) is 0.401. The van der Waals surface area contributed by atoms with Gasteiger partial charge in [0.15, 0.2) is 0 Å². The molecule has 2 aromatic carbocycles. The molecule has 0 radical (unpaired) electrons. The van der Waals surface area contributed by atoms with Crippen LogP contribution in [0.15, 0.2) is 54.6 Å². The van der Waals surface area contributed by atoms with Crippen LogP contribution in [-0.2, 0) is 9.59 Å². The highest BCUT2D eigenvalue weighted by Crippen LogP contribution is 2.34. The molecule has 3 rings (SSSR count). The SMILES string of the molecule is Cc1ccccc1C(C)CC(=O)N1CC(C(=O)O)C(c2ccccc2)C1. The van der Waals surface area contributed by atoms with Crippen molar-refractivity contribution >= 4 is 11.9 Å². The number of hydrogen-bond donors (Lipinski definition) is 1. The van der Waals surface area contributed by atoms with Gasteiger partial charge >= 0.3 is 5.97 Å². The van der Waals surface area contributed by atoms with Crippen molar-refractivity contribution in [1.29, 1.82) is 0 Å². The number of carbonyl (C=O) groups is 2. The van der Waals surface area contributed by atoms with Crippen LogP contribution in [0.25, 0.3) is 0 Å². The van der Waals surface area contributed by atoms with Gasteiger partial charge in [-0.2, -0.15) is 0 Å². The molecule has 4 nitrogen and oxygen atoms in total. The fourth-order valence-electron chi connectivity index (χ4n) is 3.94. The smallest absolute Gasteiger partial charge is 0.308 e. The maximum absolute atomic E-state index is 12.8. The van der Waals surface area contributed by atoms with Gasteiger partial charge in [0.2, 0.25) is 5.91 Å². The maximum atomic E-state index is 12.8. The van der Waals surface area contributed by atoms with Gasteiger partial charge in [-0.15, -0.1) is 0 Å². The molecule has 0 bridgehead atoms.